The standard InChI is InChI=1S/C11H22.C10H20.3C9H18.C8H14.2C8H16.2C7H14/c1-9-10(2,3)7-6-8-11(9,4)5;1-8-9(2,3)6-7-10(8,4)5;1-8-4-6-9(2,3)7-5-8;1-8-6-4-5-7-9(8,2)3;1-7-5-4-6-8(2)9(7)3;1-6-4-7-2-3-8(6)5-7;1-7-5-3-4-6-8(7)2;1-2-8-6-4-3-5-7-8;1-7-5-3-2-4-6-7;1-2-7-5-3-4-6-7/h9H,6-8H2,1-5H3;8H,6-7H2,1-5H3;2*8H,4-7H2,1-3H3;7-9H,4-6H2,1-3H3;6-8H,2-5H2,1H3;7-8H,3-6H2,1-2H3;8H,2-7H2,1H3;2*7H,2-6H2,1H3/t;;;8-;;6-,7?,8?;7-,8?;;;/m...1.01.../s1. The quantitative estimate of drug-likeness (QED) is 0.259. The van der Waals surface area contributed by atoms with Crippen LogP contribution in [-0.2, 0) is 0 Å². The van der Waals surface area contributed by atoms with Gasteiger partial charge in [-0.2, -0.15) is 0 Å². The monoisotopic (exact) mass is 1200 g/mol. The Bertz CT molecular complexity index is 1560. The highest BCUT2D eigenvalue weighted by molar-refractivity contribution is 4.94. The lowest BCUT2D eigenvalue weighted by Crippen LogP contribution is -2.38. The molecule has 0 aromatic rings. The molecule has 0 aromatic carbocycles. The molecule has 514 valence electrons. The Morgan fingerprint density at radius 3 is 0.884 bits per heavy atom. The van der Waals surface area contributed by atoms with E-state index in [0.717, 1.165) is 88.8 Å². The summed E-state index contributed by atoms with van der Waals surface area (Å²) in [5.41, 5.74) is 3.61. The Balaban J connectivity index is 0.000000327. The van der Waals surface area contributed by atoms with E-state index in [0.29, 0.717) is 32.5 Å². The van der Waals surface area contributed by atoms with Crippen LogP contribution in [0.15, 0.2) is 0 Å². The van der Waals surface area contributed by atoms with Crippen LogP contribution in [0.1, 0.15) is 430 Å². The highest BCUT2D eigenvalue weighted by Gasteiger charge is 2.44. The van der Waals surface area contributed by atoms with Gasteiger partial charge in [-0.1, -0.05) is 366 Å². The molecule has 11 fully saturated rings. The van der Waals surface area contributed by atoms with Crippen molar-refractivity contribution in [1.29, 1.82) is 0 Å². The maximum Gasteiger partial charge on any atom is -0.0323 e. The summed E-state index contributed by atoms with van der Waals surface area (Å²) < 4.78 is 0. The van der Waals surface area contributed by atoms with E-state index < -0.39 is 0 Å². The molecule has 8 atom stereocenters. The van der Waals surface area contributed by atoms with Gasteiger partial charge in [-0.15, -0.1) is 0 Å². The molecule has 11 rings (SSSR count). The summed E-state index contributed by atoms with van der Waals surface area (Å²) in [6.07, 6.45) is 59.0. The zero-order valence-electron chi connectivity index (χ0n) is 64.9. The van der Waals surface area contributed by atoms with Crippen molar-refractivity contribution in [1.82, 2.24) is 0 Å². The third-order valence-electron chi connectivity index (χ3n) is 28.4. The van der Waals surface area contributed by atoms with E-state index >= 15 is 0 Å². The fraction of sp³-hybridized carbons (Fsp3) is 1.00. The molecule has 0 radical (unpaired) electrons. The minimum atomic E-state index is 0.571. The van der Waals surface area contributed by atoms with E-state index in [1.165, 1.54) is 231 Å². The molecule has 11 saturated carbocycles. The first-order chi connectivity index (χ1) is 40.1. The predicted molar refractivity (Wildman–Crippen MR) is 393 cm³/mol. The zero-order valence-corrected chi connectivity index (χ0v) is 64.9. The second-order valence-electron chi connectivity index (χ2n) is 38.1. The molecule has 5 unspecified atom stereocenters. The first kappa shape index (κ1) is 82.1. The van der Waals surface area contributed by atoms with Gasteiger partial charge in [-0.25, -0.2) is 0 Å². The Kier molecular flexibility index (Phi) is 39.1. The number of hydrogen-bond acceptors (Lipinski definition) is 0. The molecule has 2 bridgehead atoms. The Labute approximate surface area is 548 Å². The highest BCUT2D eigenvalue weighted by Crippen LogP contribution is 2.54. The van der Waals surface area contributed by atoms with Crippen molar-refractivity contribution in [2.24, 2.45) is 121 Å². The zero-order chi connectivity index (χ0) is 64.9. The van der Waals surface area contributed by atoms with Gasteiger partial charge in [0.1, 0.15) is 0 Å². The molecule has 0 amide bonds. The van der Waals surface area contributed by atoms with E-state index in [2.05, 4.69) is 173 Å². The van der Waals surface area contributed by atoms with E-state index in [9.17, 15) is 0 Å². The summed E-state index contributed by atoms with van der Waals surface area (Å²) >= 11 is 0. The van der Waals surface area contributed by atoms with Crippen LogP contribution in [0.4, 0.5) is 0 Å². The van der Waals surface area contributed by atoms with Crippen molar-refractivity contribution in [2.45, 2.75) is 430 Å². The summed E-state index contributed by atoms with van der Waals surface area (Å²) in [4.78, 5) is 0. The van der Waals surface area contributed by atoms with Crippen molar-refractivity contribution in [3.8, 4) is 0 Å². The van der Waals surface area contributed by atoms with Gasteiger partial charge in [0.05, 0.1) is 0 Å². The van der Waals surface area contributed by atoms with Crippen LogP contribution in [0.25, 0.3) is 0 Å². The van der Waals surface area contributed by atoms with Crippen LogP contribution in [0.3, 0.4) is 0 Å². The van der Waals surface area contributed by atoms with Crippen LogP contribution in [0, 0.1) is 121 Å². The second-order valence-corrected chi connectivity index (χ2v) is 38.1. The average Bonchev–Trinajstić information content (AvgIpc) is 3.12. The van der Waals surface area contributed by atoms with Crippen molar-refractivity contribution < 1.29 is 0 Å². The summed E-state index contributed by atoms with van der Waals surface area (Å²) in [5, 5.41) is 0. The molecule has 0 heterocycles. The van der Waals surface area contributed by atoms with Crippen LogP contribution < -0.4 is 0 Å². The Hall–Kier alpha value is 0. The predicted octanol–water partition coefficient (Wildman–Crippen LogP) is 30.3. The molecular weight excluding hydrogens is 1030 g/mol. The van der Waals surface area contributed by atoms with E-state index in [1.807, 2.05) is 0 Å². The summed E-state index contributed by atoms with van der Waals surface area (Å²) in [5.74, 6) is 15.2. The van der Waals surface area contributed by atoms with E-state index in [4.69, 9.17) is 0 Å². The van der Waals surface area contributed by atoms with Gasteiger partial charge >= 0.3 is 0 Å². The van der Waals surface area contributed by atoms with Crippen LogP contribution in [-0.4, -0.2) is 0 Å². The maximum absolute atomic E-state index is 2.42. The van der Waals surface area contributed by atoms with Gasteiger partial charge in [-0.05, 0) is 185 Å². The molecule has 0 N–H and O–H groups in total. The van der Waals surface area contributed by atoms with Crippen molar-refractivity contribution in [3.05, 3.63) is 0 Å². The molecule has 0 saturated heterocycles. The van der Waals surface area contributed by atoms with E-state index in [-0.39, 0.29) is 0 Å². The second kappa shape index (κ2) is 41.0. The van der Waals surface area contributed by atoms with Crippen molar-refractivity contribution in [2.75, 3.05) is 0 Å². The minimum absolute atomic E-state index is 0.571. The molecule has 86 heavy (non-hydrogen) atoms. The first-order valence-corrected chi connectivity index (χ1v) is 40.1. The van der Waals surface area contributed by atoms with Crippen molar-refractivity contribution >= 4 is 0 Å². The lowest BCUT2D eigenvalue weighted by Gasteiger charge is -2.47. The molecular formula is C86H170. The van der Waals surface area contributed by atoms with Gasteiger partial charge in [-0.3, -0.25) is 0 Å². The third kappa shape index (κ3) is 32.2. The molecule has 0 nitrogen and oxygen atoms in total. The van der Waals surface area contributed by atoms with Gasteiger partial charge in [0.25, 0.3) is 0 Å². The SMILES string of the molecule is CC1C(C)(C)CCC1(C)C.CC1C(C)(C)CCCC1(C)C.CC1CCC(C)(C)CC1.CC1CCCC(C)C1C.CC1CCCCC1.CC1CCCC[C@H]1C.CCC1CCCC1.CCC1CCCCC1.C[C@@H]1CCCCC1(C)C.C[C@H]1CC2CCC1C2. The molecule has 11 aliphatic rings. The molecule has 0 spiro atoms. The maximum atomic E-state index is 2.42. The fourth-order valence-corrected chi connectivity index (χ4v) is 18.1. The minimum Gasteiger partial charge on any atom is -0.0651 e. The third-order valence-corrected chi connectivity index (χ3v) is 28.4. The number of hydrogen-bond donors (Lipinski definition) is 0. The fourth-order valence-electron chi connectivity index (χ4n) is 18.1. The van der Waals surface area contributed by atoms with Crippen molar-refractivity contribution in [3.63, 3.8) is 0 Å². The van der Waals surface area contributed by atoms with Crippen LogP contribution in [0.2, 0.25) is 0 Å². The number of fused-ring (bicyclic) bond motifs is 2. The highest BCUT2D eigenvalue weighted by atomic mass is 14.5. The Morgan fingerprint density at radius 2 is 0.628 bits per heavy atom. The van der Waals surface area contributed by atoms with Gasteiger partial charge in [0.15, 0.2) is 0 Å². The Morgan fingerprint density at radius 1 is 0.267 bits per heavy atom. The molecule has 0 heteroatoms. The largest absolute Gasteiger partial charge is 0.0651 e. The van der Waals surface area contributed by atoms with Crippen LogP contribution in [0.5, 0.6) is 0 Å². The molecule has 0 aromatic heterocycles. The summed E-state index contributed by atoms with van der Waals surface area (Å²) in [7, 11) is 0. The molecule has 0 aliphatic heterocycles. The smallest absolute Gasteiger partial charge is 0.0323 e. The normalized spacial score (nSPS) is 33.5. The average molecular weight is 1200 g/mol. The van der Waals surface area contributed by atoms with E-state index in [1.54, 1.807) is 25.7 Å². The first-order valence-electron chi connectivity index (χ1n) is 40.1. The summed E-state index contributed by atoms with van der Waals surface area (Å²) in [6, 6.07) is 0. The number of rotatable bonds is 2. The molecule has 11 aliphatic carbocycles. The van der Waals surface area contributed by atoms with Crippen LogP contribution >= 0.6 is 0 Å². The lowest BCUT2D eigenvalue weighted by atomic mass is 9.58. The van der Waals surface area contributed by atoms with Gasteiger partial charge < -0.3 is 0 Å². The van der Waals surface area contributed by atoms with Gasteiger partial charge in [0, 0.05) is 0 Å². The van der Waals surface area contributed by atoms with Gasteiger partial charge in [0.2, 0.25) is 0 Å². The topological polar surface area (TPSA) is 0 Å². The lowest BCUT2D eigenvalue weighted by molar-refractivity contribution is 0.0286. The summed E-state index contributed by atoms with van der Waals surface area (Å²) in [6.45, 7) is 59.7.